The van der Waals surface area contributed by atoms with Gasteiger partial charge in [0.15, 0.2) is 0 Å². The quantitative estimate of drug-likeness (QED) is 0.614. The number of hydrogen-bond acceptors (Lipinski definition) is 5. The maximum atomic E-state index is 11.5. The van der Waals surface area contributed by atoms with Crippen molar-refractivity contribution in [3.05, 3.63) is 23.8 Å². The van der Waals surface area contributed by atoms with Crippen LogP contribution in [0.1, 0.15) is 24.2 Å². The standard InChI is InChI=1S/C11H13ClO5S/c1-3-16-9-6-5-8(11(13)17-4-2)7-10(9)18(12,14)15/h5-7H,3-4H2,1-2H3. The molecule has 0 atom stereocenters. The van der Waals surface area contributed by atoms with Gasteiger partial charge in [0.05, 0.1) is 18.8 Å². The largest absolute Gasteiger partial charge is 0.492 e. The van der Waals surface area contributed by atoms with E-state index in [1.165, 1.54) is 12.1 Å². The minimum Gasteiger partial charge on any atom is -0.492 e. The van der Waals surface area contributed by atoms with E-state index >= 15 is 0 Å². The number of hydrogen-bond donors (Lipinski definition) is 0. The summed E-state index contributed by atoms with van der Waals surface area (Å²) < 4.78 is 32.7. The summed E-state index contributed by atoms with van der Waals surface area (Å²) in [6.45, 7) is 3.86. The first-order chi connectivity index (χ1) is 8.40. The van der Waals surface area contributed by atoms with Gasteiger partial charge in [0.2, 0.25) is 0 Å². The lowest BCUT2D eigenvalue weighted by Crippen LogP contribution is -2.07. The van der Waals surface area contributed by atoms with Crippen LogP contribution in [0.4, 0.5) is 0 Å². The van der Waals surface area contributed by atoms with Crippen molar-refractivity contribution in [3.63, 3.8) is 0 Å². The summed E-state index contributed by atoms with van der Waals surface area (Å²) in [4.78, 5) is 11.3. The predicted octanol–water partition coefficient (Wildman–Crippen LogP) is 2.19. The fraction of sp³-hybridized carbons (Fsp3) is 0.364. The van der Waals surface area contributed by atoms with Crippen LogP contribution in [0, 0.1) is 0 Å². The molecular weight excluding hydrogens is 280 g/mol. The summed E-state index contributed by atoms with van der Waals surface area (Å²) in [5.74, 6) is -0.498. The monoisotopic (exact) mass is 292 g/mol. The van der Waals surface area contributed by atoms with E-state index in [0.29, 0.717) is 0 Å². The second-order valence-electron chi connectivity index (χ2n) is 3.25. The topological polar surface area (TPSA) is 69.7 Å². The van der Waals surface area contributed by atoms with Crippen molar-refractivity contribution < 1.29 is 22.7 Å². The lowest BCUT2D eigenvalue weighted by molar-refractivity contribution is 0.0526. The number of halogens is 1. The van der Waals surface area contributed by atoms with Crippen molar-refractivity contribution in [2.45, 2.75) is 18.7 Å². The van der Waals surface area contributed by atoms with Crippen molar-refractivity contribution in [2.24, 2.45) is 0 Å². The molecule has 0 aliphatic rings. The molecule has 0 amide bonds. The second-order valence-corrected chi connectivity index (χ2v) is 5.79. The Morgan fingerprint density at radius 1 is 1.28 bits per heavy atom. The van der Waals surface area contributed by atoms with Gasteiger partial charge in [-0.1, -0.05) is 0 Å². The molecule has 0 aromatic heterocycles. The van der Waals surface area contributed by atoms with Gasteiger partial charge in [-0.2, -0.15) is 0 Å². The van der Waals surface area contributed by atoms with Gasteiger partial charge in [-0.15, -0.1) is 0 Å². The third-order valence-electron chi connectivity index (χ3n) is 2.02. The zero-order chi connectivity index (χ0) is 13.8. The molecule has 18 heavy (non-hydrogen) atoms. The van der Waals surface area contributed by atoms with Crippen molar-refractivity contribution in [1.82, 2.24) is 0 Å². The lowest BCUT2D eigenvalue weighted by Gasteiger charge is -2.09. The van der Waals surface area contributed by atoms with E-state index < -0.39 is 15.0 Å². The Morgan fingerprint density at radius 2 is 1.94 bits per heavy atom. The molecule has 100 valence electrons. The number of carbonyl (C=O) groups is 1. The molecule has 5 nitrogen and oxygen atoms in total. The van der Waals surface area contributed by atoms with Crippen LogP contribution in [-0.2, 0) is 13.8 Å². The van der Waals surface area contributed by atoms with Crippen molar-refractivity contribution in [3.8, 4) is 5.75 Å². The van der Waals surface area contributed by atoms with Gasteiger partial charge in [-0.3, -0.25) is 0 Å². The van der Waals surface area contributed by atoms with Gasteiger partial charge in [-0.25, -0.2) is 13.2 Å². The Labute approximate surface area is 110 Å². The van der Waals surface area contributed by atoms with Gasteiger partial charge >= 0.3 is 5.97 Å². The summed E-state index contributed by atoms with van der Waals surface area (Å²) in [6.07, 6.45) is 0. The zero-order valence-electron chi connectivity index (χ0n) is 9.97. The summed E-state index contributed by atoms with van der Waals surface area (Å²) in [7, 11) is 1.31. The van der Waals surface area contributed by atoms with Crippen LogP contribution in [-0.4, -0.2) is 27.6 Å². The molecular formula is C11H13ClO5S. The van der Waals surface area contributed by atoms with Gasteiger partial charge in [0, 0.05) is 10.7 Å². The summed E-state index contributed by atoms with van der Waals surface area (Å²) in [6, 6.07) is 3.95. The highest BCUT2D eigenvalue weighted by molar-refractivity contribution is 8.13. The highest BCUT2D eigenvalue weighted by Gasteiger charge is 2.20. The maximum Gasteiger partial charge on any atom is 0.338 e. The lowest BCUT2D eigenvalue weighted by atomic mass is 10.2. The van der Waals surface area contributed by atoms with Crippen molar-refractivity contribution in [1.29, 1.82) is 0 Å². The maximum absolute atomic E-state index is 11.5. The van der Waals surface area contributed by atoms with Crippen LogP contribution < -0.4 is 4.74 Å². The highest BCUT2D eigenvalue weighted by atomic mass is 35.7. The molecule has 0 fully saturated rings. The van der Waals surface area contributed by atoms with E-state index in [2.05, 4.69) is 0 Å². The number of rotatable bonds is 5. The summed E-state index contributed by atoms with van der Waals surface area (Å²) in [5, 5.41) is 0. The molecule has 1 aromatic rings. The molecule has 7 heteroatoms. The highest BCUT2D eigenvalue weighted by Crippen LogP contribution is 2.28. The van der Waals surface area contributed by atoms with Crippen molar-refractivity contribution >= 4 is 25.7 Å². The van der Waals surface area contributed by atoms with Crippen LogP contribution >= 0.6 is 10.7 Å². The Bertz CT molecular complexity index is 538. The normalized spacial score (nSPS) is 11.1. The molecule has 1 rings (SSSR count). The average Bonchev–Trinajstić information content (AvgIpc) is 2.28. The predicted molar refractivity (Wildman–Crippen MR) is 66.6 cm³/mol. The number of esters is 1. The Hall–Kier alpha value is -1.27. The smallest absolute Gasteiger partial charge is 0.338 e. The molecule has 0 radical (unpaired) electrons. The van der Waals surface area contributed by atoms with Gasteiger partial charge < -0.3 is 9.47 Å². The number of benzene rings is 1. The molecule has 0 bridgehead atoms. The molecule has 1 aromatic carbocycles. The molecule has 0 spiro atoms. The molecule has 0 saturated carbocycles. The molecule has 0 aliphatic heterocycles. The number of ether oxygens (including phenoxy) is 2. The van der Waals surface area contributed by atoms with E-state index in [1.807, 2.05) is 0 Å². The molecule has 0 aliphatic carbocycles. The zero-order valence-corrected chi connectivity index (χ0v) is 11.5. The Morgan fingerprint density at radius 3 is 2.44 bits per heavy atom. The molecule has 0 unspecified atom stereocenters. The average molecular weight is 293 g/mol. The Kier molecular flexibility index (Phi) is 4.98. The minimum absolute atomic E-state index is 0.111. The van der Waals surface area contributed by atoms with Gasteiger partial charge in [0.25, 0.3) is 9.05 Å². The van der Waals surface area contributed by atoms with Crippen LogP contribution in [0.3, 0.4) is 0 Å². The Balaban J connectivity index is 3.26. The van der Waals surface area contributed by atoms with Crippen LogP contribution in [0.25, 0.3) is 0 Å². The molecule has 0 heterocycles. The second kappa shape index (κ2) is 6.06. The van der Waals surface area contributed by atoms with Crippen LogP contribution in [0.2, 0.25) is 0 Å². The molecule has 0 N–H and O–H groups in total. The van der Waals surface area contributed by atoms with Gasteiger partial charge in [-0.05, 0) is 32.0 Å². The first-order valence-corrected chi connectivity index (χ1v) is 7.59. The summed E-state index contributed by atoms with van der Waals surface area (Å²) in [5.41, 5.74) is 0.111. The fourth-order valence-corrected chi connectivity index (χ4v) is 2.31. The number of carbonyl (C=O) groups excluding carboxylic acids is 1. The van der Waals surface area contributed by atoms with Crippen molar-refractivity contribution in [2.75, 3.05) is 13.2 Å². The van der Waals surface area contributed by atoms with E-state index in [9.17, 15) is 13.2 Å². The summed E-state index contributed by atoms with van der Waals surface area (Å²) >= 11 is 0. The van der Waals surface area contributed by atoms with Crippen LogP contribution in [0.5, 0.6) is 5.75 Å². The first kappa shape index (κ1) is 14.8. The minimum atomic E-state index is -3.99. The van der Waals surface area contributed by atoms with E-state index in [-0.39, 0.29) is 29.4 Å². The SMILES string of the molecule is CCOC(=O)c1ccc(OCC)c(S(=O)(=O)Cl)c1. The fourth-order valence-electron chi connectivity index (χ4n) is 1.31. The third-order valence-corrected chi connectivity index (χ3v) is 3.36. The van der Waals surface area contributed by atoms with E-state index in [1.54, 1.807) is 13.8 Å². The molecule has 0 saturated heterocycles. The van der Waals surface area contributed by atoms with Crippen LogP contribution in [0.15, 0.2) is 23.1 Å². The van der Waals surface area contributed by atoms with Gasteiger partial charge in [0.1, 0.15) is 10.6 Å². The van der Waals surface area contributed by atoms with E-state index in [0.717, 1.165) is 6.07 Å². The first-order valence-electron chi connectivity index (χ1n) is 5.28. The van der Waals surface area contributed by atoms with E-state index in [4.69, 9.17) is 20.2 Å². The third kappa shape index (κ3) is 3.61.